The zero-order valence-electron chi connectivity index (χ0n) is 12.2. The van der Waals surface area contributed by atoms with Crippen molar-refractivity contribution >= 4 is 17.5 Å². The Balaban J connectivity index is 1.85. The van der Waals surface area contributed by atoms with Gasteiger partial charge in [-0.3, -0.25) is 4.79 Å². The molecule has 1 heterocycles. The predicted molar refractivity (Wildman–Crippen MR) is 84.0 cm³/mol. The van der Waals surface area contributed by atoms with Gasteiger partial charge in [-0.05, 0) is 49.4 Å². The average Bonchev–Trinajstić information content (AvgIpc) is 2.53. The van der Waals surface area contributed by atoms with E-state index in [1.807, 2.05) is 17.0 Å². The van der Waals surface area contributed by atoms with Crippen LogP contribution in [0.25, 0.3) is 0 Å². The Morgan fingerprint density at radius 3 is 2.52 bits per heavy atom. The first-order valence-electron chi connectivity index (χ1n) is 7.53. The highest BCUT2D eigenvalue weighted by atomic mass is 35.5. The van der Waals surface area contributed by atoms with Gasteiger partial charge in [-0.25, -0.2) is 0 Å². The zero-order chi connectivity index (χ0) is 15.2. The van der Waals surface area contributed by atoms with Crippen LogP contribution in [0.15, 0.2) is 24.3 Å². The molecule has 1 aliphatic rings. The van der Waals surface area contributed by atoms with Crippen LogP contribution in [0.4, 0.5) is 0 Å². The number of amides is 1. The molecule has 116 valence electrons. The lowest BCUT2D eigenvalue weighted by Crippen LogP contribution is -2.39. The van der Waals surface area contributed by atoms with Crippen molar-refractivity contribution in [2.45, 2.75) is 31.8 Å². The van der Waals surface area contributed by atoms with E-state index < -0.39 is 6.10 Å². The third-order valence-corrected chi connectivity index (χ3v) is 4.40. The van der Waals surface area contributed by atoms with E-state index >= 15 is 0 Å². The van der Waals surface area contributed by atoms with E-state index in [1.165, 1.54) is 0 Å². The zero-order valence-corrected chi connectivity index (χ0v) is 12.9. The smallest absolute Gasteiger partial charge is 0.222 e. The molecule has 1 amide bonds. The molecular formula is C16H23ClN2O2. The molecule has 0 bridgehead atoms. The van der Waals surface area contributed by atoms with Crippen LogP contribution in [0.1, 0.15) is 37.4 Å². The minimum Gasteiger partial charge on any atom is -0.388 e. The molecule has 1 fully saturated rings. The number of aliphatic hydroxyl groups is 1. The minimum atomic E-state index is -0.483. The van der Waals surface area contributed by atoms with Gasteiger partial charge in [-0.2, -0.15) is 0 Å². The van der Waals surface area contributed by atoms with Crippen molar-refractivity contribution in [2.24, 2.45) is 11.7 Å². The third kappa shape index (κ3) is 4.43. The summed E-state index contributed by atoms with van der Waals surface area (Å²) in [7, 11) is 0. The van der Waals surface area contributed by atoms with Crippen LogP contribution in [0.2, 0.25) is 5.02 Å². The average molecular weight is 311 g/mol. The van der Waals surface area contributed by atoms with Gasteiger partial charge in [-0.1, -0.05) is 23.7 Å². The van der Waals surface area contributed by atoms with Gasteiger partial charge in [0.2, 0.25) is 5.91 Å². The predicted octanol–water partition coefficient (Wildman–Crippen LogP) is 2.35. The number of likely N-dealkylation sites (tertiary alicyclic amines) is 1. The monoisotopic (exact) mass is 310 g/mol. The van der Waals surface area contributed by atoms with Gasteiger partial charge in [0.25, 0.3) is 0 Å². The first-order chi connectivity index (χ1) is 10.1. The number of rotatable bonds is 5. The summed E-state index contributed by atoms with van der Waals surface area (Å²) >= 11 is 5.86. The topological polar surface area (TPSA) is 66.6 Å². The molecule has 1 saturated heterocycles. The standard InChI is InChI=1S/C16H23ClN2O2/c17-14-5-3-12(4-6-14)16(21)13-7-10-19(11-8-13)15(20)2-1-9-18/h3-6,13,16,21H,1-2,7-11,18H2. The van der Waals surface area contributed by atoms with Gasteiger partial charge < -0.3 is 15.7 Å². The highest BCUT2D eigenvalue weighted by Crippen LogP contribution is 2.31. The molecule has 5 heteroatoms. The second-order valence-corrected chi connectivity index (χ2v) is 6.04. The lowest BCUT2D eigenvalue weighted by Gasteiger charge is -2.34. The van der Waals surface area contributed by atoms with Crippen LogP contribution in [-0.4, -0.2) is 35.5 Å². The molecule has 4 nitrogen and oxygen atoms in total. The van der Waals surface area contributed by atoms with Gasteiger partial charge in [0, 0.05) is 24.5 Å². The number of hydrogen-bond acceptors (Lipinski definition) is 3. The molecule has 1 aliphatic heterocycles. The van der Waals surface area contributed by atoms with Gasteiger partial charge in [-0.15, -0.1) is 0 Å². The van der Waals surface area contributed by atoms with E-state index in [-0.39, 0.29) is 11.8 Å². The van der Waals surface area contributed by atoms with Crippen molar-refractivity contribution < 1.29 is 9.90 Å². The van der Waals surface area contributed by atoms with E-state index in [2.05, 4.69) is 0 Å². The molecule has 0 saturated carbocycles. The molecule has 1 aromatic carbocycles. The fraction of sp³-hybridized carbons (Fsp3) is 0.562. The fourth-order valence-corrected chi connectivity index (χ4v) is 2.93. The van der Waals surface area contributed by atoms with Crippen molar-refractivity contribution in [1.29, 1.82) is 0 Å². The second kappa shape index (κ2) is 7.78. The summed E-state index contributed by atoms with van der Waals surface area (Å²) in [5.74, 6) is 0.379. The number of nitrogens with zero attached hydrogens (tertiary/aromatic N) is 1. The highest BCUT2D eigenvalue weighted by Gasteiger charge is 2.27. The Labute approximate surface area is 130 Å². The Bertz CT molecular complexity index is 456. The van der Waals surface area contributed by atoms with Gasteiger partial charge in [0.1, 0.15) is 0 Å². The van der Waals surface area contributed by atoms with Gasteiger partial charge in [0.05, 0.1) is 6.10 Å². The summed E-state index contributed by atoms with van der Waals surface area (Å²) in [6.45, 7) is 1.99. The lowest BCUT2D eigenvalue weighted by atomic mass is 9.87. The Morgan fingerprint density at radius 1 is 1.33 bits per heavy atom. The van der Waals surface area contributed by atoms with Crippen molar-refractivity contribution in [1.82, 2.24) is 4.90 Å². The second-order valence-electron chi connectivity index (χ2n) is 5.61. The highest BCUT2D eigenvalue weighted by molar-refractivity contribution is 6.30. The van der Waals surface area contributed by atoms with Crippen molar-refractivity contribution in [3.8, 4) is 0 Å². The van der Waals surface area contributed by atoms with Crippen molar-refractivity contribution in [3.63, 3.8) is 0 Å². The van der Waals surface area contributed by atoms with Crippen LogP contribution in [0.3, 0.4) is 0 Å². The van der Waals surface area contributed by atoms with Crippen LogP contribution in [0, 0.1) is 5.92 Å². The van der Waals surface area contributed by atoms with Crippen LogP contribution < -0.4 is 5.73 Å². The molecular weight excluding hydrogens is 288 g/mol. The van der Waals surface area contributed by atoms with Crippen molar-refractivity contribution in [3.05, 3.63) is 34.9 Å². The molecule has 0 aliphatic carbocycles. The maximum absolute atomic E-state index is 11.9. The minimum absolute atomic E-state index is 0.180. The van der Waals surface area contributed by atoms with E-state index in [4.69, 9.17) is 17.3 Å². The fourth-order valence-electron chi connectivity index (χ4n) is 2.81. The number of aliphatic hydroxyl groups excluding tert-OH is 1. The molecule has 0 aromatic heterocycles. The third-order valence-electron chi connectivity index (χ3n) is 4.15. The van der Waals surface area contributed by atoms with E-state index in [1.54, 1.807) is 12.1 Å². The Morgan fingerprint density at radius 2 is 1.95 bits per heavy atom. The van der Waals surface area contributed by atoms with Crippen LogP contribution >= 0.6 is 11.6 Å². The molecule has 1 atom stereocenters. The van der Waals surface area contributed by atoms with Crippen LogP contribution in [-0.2, 0) is 4.79 Å². The maximum atomic E-state index is 11.9. The summed E-state index contributed by atoms with van der Waals surface area (Å²) in [6, 6.07) is 7.33. The number of carbonyl (C=O) groups is 1. The van der Waals surface area contributed by atoms with Gasteiger partial charge >= 0.3 is 0 Å². The van der Waals surface area contributed by atoms with Gasteiger partial charge in [0.15, 0.2) is 0 Å². The van der Waals surface area contributed by atoms with E-state index in [0.717, 1.165) is 37.9 Å². The van der Waals surface area contributed by atoms with E-state index in [9.17, 15) is 9.90 Å². The Hall–Kier alpha value is -1.10. The SMILES string of the molecule is NCCCC(=O)N1CCC(C(O)c2ccc(Cl)cc2)CC1. The molecule has 0 spiro atoms. The molecule has 0 radical (unpaired) electrons. The molecule has 3 N–H and O–H groups in total. The molecule has 1 aromatic rings. The first kappa shape index (κ1) is 16.3. The number of carbonyl (C=O) groups excluding carboxylic acids is 1. The molecule has 1 unspecified atom stereocenters. The van der Waals surface area contributed by atoms with E-state index in [0.29, 0.717) is 18.0 Å². The van der Waals surface area contributed by atoms with Crippen LogP contribution in [0.5, 0.6) is 0 Å². The van der Waals surface area contributed by atoms with Crippen molar-refractivity contribution in [2.75, 3.05) is 19.6 Å². The quantitative estimate of drug-likeness (QED) is 0.877. The number of halogens is 1. The maximum Gasteiger partial charge on any atom is 0.222 e. The summed E-state index contributed by atoms with van der Waals surface area (Å²) in [5.41, 5.74) is 6.33. The largest absolute Gasteiger partial charge is 0.388 e. The first-order valence-corrected chi connectivity index (χ1v) is 7.91. The molecule has 2 rings (SSSR count). The Kier molecular flexibility index (Phi) is 6.03. The molecule has 21 heavy (non-hydrogen) atoms. The number of nitrogens with two attached hydrogens (primary N) is 1. The normalized spacial score (nSPS) is 17.8. The summed E-state index contributed by atoms with van der Waals surface area (Å²) < 4.78 is 0. The lowest BCUT2D eigenvalue weighted by molar-refractivity contribution is -0.133. The summed E-state index contributed by atoms with van der Waals surface area (Å²) in [6.07, 6.45) is 2.45. The summed E-state index contributed by atoms with van der Waals surface area (Å²) in [5, 5.41) is 11.1. The number of benzene rings is 1. The number of hydrogen-bond donors (Lipinski definition) is 2. The summed E-state index contributed by atoms with van der Waals surface area (Å²) in [4.78, 5) is 13.8. The number of piperidine rings is 1.